The van der Waals surface area contributed by atoms with E-state index in [0.717, 1.165) is 14.2 Å². The molecule has 110 valence electrons. The van der Waals surface area contributed by atoms with E-state index in [9.17, 15) is 4.79 Å². The van der Waals surface area contributed by atoms with Crippen molar-refractivity contribution in [3.63, 3.8) is 0 Å². The Labute approximate surface area is 134 Å². The molecule has 0 aliphatic rings. The van der Waals surface area contributed by atoms with E-state index in [1.165, 1.54) is 0 Å². The second-order valence-corrected chi connectivity index (χ2v) is 6.89. The second-order valence-electron chi connectivity index (χ2n) is 4.34. The molecule has 0 aliphatic carbocycles. The third kappa shape index (κ3) is 4.57. The SMILES string of the molecule is NC(=NO)c1ccc(CC(=O)NCc2ccc(Br)s2)cc1. The zero-order valence-electron chi connectivity index (χ0n) is 11.0. The van der Waals surface area contributed by atoms with Crippen LogP contribution in [0.2, 0.25) is 0 Å². The van der Waals surface area contributed by atoms with Crippen molar-refractivity contribution in [3.8, 4) is 0 Å². The molecule has 21 heavy (non-hydrogen) atoms. The van der Waals surface area contributed by atoms with Crippen LogP contribution in [0, 0.1) is 0 Å². The number of carbonyl (C=O) groups excluding carboxylic acids is 1. The summed E-state index contributed by atoms with van der Waals surface area (Å²) in [6.45, 7) is 0.525. The highest BCUT2D eigenvalue weighted by Gasteiger charge is 2.05. The number of oxime groups is 1. The van der Waals surface area contributed by atoms with E-state index in [4.69, 9.17) is 10.9 Å². The summed E-state index contributed by atoms with van der Waals surface area (Å²) in [6, 6.07) is 10.9. The summed E-state index contributed by atoms with van der Waals surface area (Å²) >= 11 is 4.98. The van der Waals surface area contributed by atoms with Crippen LogP contribution in [-0.4, -0.2) is 17.0 Å². The minimum atomic E-state index is -0.0453. The molecule has 5 nitrogen and oxygen atoms in total. The number of amidine groups is 1. The van der Waals surface area contributed by atoms with Gasteiger partial charge in [0.1, 0.15) is 0 Å². The maximum atomic E-state index is 11.9. The topological polar surface area (TPSA) is 87.7 Å². The Kier molecular flexibility index (Phi) is 5.35. The highest BCUT2D eigenvalue weighted by atomic mass is 79.9. The summed E-state index contributed by atoms with van der Waals surface area (Å²) in [6.07, 6.45) is 0.295. The fourth-order valence-electron chi connectivity index (χ4n) is 1.73. The number of amides is 1. The number of benzene rings is 1. The van der Waals surface area contributed by atoms with Gasteiger partial charge in [-0.15, -0.1) is 11.3 Å². The Morgan fingerprint density at radius 2 is 2.00 bits per heavy atom. The van der Waals surface area contributed by atoms with Crippen LogP contribution in [-0.2, 0) is 17.8 Å². The molecule has 2 rings (SSSR count). The monoisotopic (exact) mass is 367 g/mol. The average Bonchev–Trinajstić information content (AvgIpc) is 2.91. The average molecular weight is 368 g/mol. The van der Waals surface area contributed by atoms with Gasteiger partial charge in [-0.2, -0.15) is 0 Å². The predicted molar refractivity (Wildman–Crippen MR) is 86.5 cm³/mol. The molecule has 0 atom stereocenters. The summed E-state index contributed by atoms with van der Waals surface area (Å²) in [4.78, 5) is 13.0. The van der Waals surface area contributed by atoms with Crippen molar-refractivity contribution < 1.29 is 10.0 Å². The van der Waals surface area contributed by atoms with Gasteiger partial charge < -0.3 is 16.3 Å². The molecule has 1 aromatic heterocycles. The van der Waals surface area contributed by atoms with Crippen LogP contribution in [0.3, 0.4) is 0 Å². The molecule has 7 heteroatoms. The summed E-state index contributed by atoms with van der Waals surface area (Å²) in [5, 5.41) is 14.4. The normalized spacial score (nSPS) is 11.4. The largest absolute Gasteiger partial charge is 0.409 e. The molecule has 1 amide bonds. The van der Waals surface area contributed by atoms with Crippen LogP contribution >= 0.6 is 27.3 Å². The van der Waals surface area contributed by atoms with Gasteiger partial charge in [0, 0.05) is 10.4 Å². The molecule has 1 aromatic carbocycles. The van der Waals surface area contributed by atoms with Gasteiger partial charge in [0.2, 0.25) is 5.91 Å². The molecular formula is C14H14BrN3O2S. The first-order chi connectivity index (χ1) is 10.1. The third-order valence-electron chi connectivity index (χ3n) is 2.81. The molecule has 0 fully saturated rings. The van der Waals surface area contributed by atoms with Gasteiger partial charge in [0.05, 0.1) is 16.8 Å². The molecule has 0 spiro atoms. The van der Waals surface area contributed by atoms with E-state index in [1.54, 1.807) is 35.6 Å². The quantitative estimate of drug-likeness (QED) is 0.328. The van der Waals surface area contributed by atoms with Crippen molar-refractivity contribution in [2.24, 2.45) is 10.9 Å². The maximum absolute atomic E-state index is 11.9. The summed E-state index contributed by atoms with van der Waals surface area (Å²) in [7, 11) is 0. The summed E-state index contributed by atoms with van der Waals surface area (Å²) in [5.74, 6) is 0.00495. The van der Waals surface area contributed by atoms with E-state index in [0.29, 0.717) is 18.5 Å². The first-order valence-electron chi connectivity index (χ1n) is 6.16. The number of hydrogen-bond donors (Lipinski definition) is 3. The van der Waals surface area contributed by atoms with Gasteiger partial charge in [-0.05, 0) is 33.6 Å². The van der Waals surface area contributed by atoms with Crippen molar-refractivity contribution in [3.05, 3.63) is 56.2 Å². The van der Waals surface area contributed by atoms with E-state index in [-0.39, 0.29) is 11.7 Å². The number of nitrogens with two attached hydrogens (primary N) is 1. The number of nitrogens with zero attached hydrogens (tertiary/aromatic N) is 1. The first kappa shape index (κ1) is 15.5. The highest BCUT2D eigenvalue weighted by Crippen LogP contribution is 2.21. The number of carbonyl (C=O) groups is 1. The van der Waals surface area contributed by atoms with Crippen LogP contribution in [0.15, 0.2) is 45.3 Å². The first-order valence-corrected chi connectivity index (χ1v) is 7.77. The van der Waals surface area contributed by atoms with Gasteiger partial charge in [-0.25, -0.2) is 0 Å². The lowest BCUT2D eigenvalue weighted by Crippen LogP contribution is -2.24. The molecule has 0 unspecified atom stereocenters. The molecule has 2 aromatic rings. The van der Waals surface area contributed by atoms with Crippen molar-refractivity contribution in [2.45, 2.75) is 13.0 Å². The van der Waals surface area contributed by atoms with Crippen molar-refractivity contribution in [1.82, 2.24) is 5.32 Å². The van der Waals surface area contributed by atoms with E-state index in [1.807, 2.05) is 12.1 Å². The molecule has 0 bridgehead atoms. The molecule has 0 saturated carbocycles. The molecule has 0 aliphatic heterocycles. The zero-order chi connectivity index (χ0) is 15.2. The third-order valence-corrected chi connectivity index (χ3v) is 4.43. The molecule has 1 heterocycles. The van der Waals surface area contributed by atoms with Crippen LogP contribution in [0.4, 0.5) is 0 Å². The lowest BCUT2D eigenvalue weighted by molar-refractivity contribution is -0.120. The van der Waals surface area contributed by atoms with Crippen LogP contribution in [0.5, 0.6) is 0 Å². The fraction of sp³-hybridized carbons (Fsp3) is 0.143. The minimum absolute atomic E-state index is 0.0453. The van der Waals surface area contributed by atoms with E-state index in [2.05, 4.69) is 26.4 Å². The summed E-state index contributed by atoms with van der Waals surface area (Å²) in [5.41, 5.74) is 6.96. The fourth-order valence-corrected chi connectivity index (χ4v) is 3.15. The lowest BCUT2D eigenvalue weighted by atomic mass is 10.1. The standard InChI is InChI=1S/C14H14BrN3O2S/c15-12-6-5-11(21-12)8-17-13(19)7-9-1-3-10(4-2-9)14(16)18-20/h1-6,20H,7-8H2,(H2,16,18)(H,17,19). The minimum Gasteiger partial charge on any atom is -0.409 e. The smallest absolute Gasteiger partial charge is 0.224 e. The van der Waals surface area contributed by atoms with Crippen LogP contribution in [0.25, 0.3) is 0 Å². The Balaban J connectivity index is 1.87. The molecule has 0 radical (unpaired) electrons. The Morgan fingerprint density at radius 3 is 2.57 bits per heavy atom. The molecule has 0 saturated heterocycles. The van der Waals surface area contributed by atoms with Gasteiger partial charge in [-0.1, -0.05) is 29.4 Å². The Bertz CT molecular complexity index is 652. The Morgan fingerprint density at radius 1 is 1.29 bits per heavy atom. The van der Waals surface area contributed by atoms with E-state index < -0.39 is 0 Å². The van der Waals surface area contributed by atoms with Crippen LogP contribution < -0.4 is 11.1 Å². The number of halogens is 1. The number of nitrogens with one attached hydrogen (secondary N) is 1. The van der Waals surface area contributed by atoms with Gasteiger partial charge in [0.25, 0.3) is 0 Å². The molecule has 4 N–H and O–H groups in total. The second kappa shape index (κ2) is 7.24. The van der Waals surface area contributed by atoms with E-state index >= 15 is 0 Å². The van der Waals surface area contributed by atoms with Crippen LogP contribution in [0.1, 0.15) is 16.0 Å². The number of rotatable bonds is 5. The van der Waals surface area contributed by atoms with Gasteiger partial charge in [0.15, 0.2) is 5.84 Å². The van der Waals surface area contributed by atoms with Gasteiger partial charge >= 0.3 is 0 Å². The highest BCUT2D eigenvalue weighted by molar-refractivity contribution is 9.11. The molecular weight excluding hydrogens is 354 g/mol. The zero-order valence-corrected chi connectivity index (χ0v) is 13.4. The number of hydrogen-bond acceptors (Lipinski definition) is 4. The Hall–Kier alpha value is -1.86. The van der Waals surface area contributed by atoms with Gasteiger partial charge in [-0.3, -0.25) is 4.79 Å². The van der Waals surface area contributed by atoms with Crippen molar-refractivity contribution in [1.29, 1.82) is 0 Å². The van der Waals surface area contributed by atoms with Crippen molar-refractivity contribution >= 4 is 39.0 Å². The summed E-state index contributed by atoms with van der Waals surface area (Å²) < 4.78 is 1.05. The predicted octanol–water partition coefficient (Wildman–Crippen LogP) is 2.46. The number of thiophene rings is 1. The van der Waals surface area contributed by atoms with Crippen molar-refractivity contribution in [2.75, 3.05) is 0 Å². The maximum Gasteiger partial charge on any atom is 0.224 e. The lowest BCUT2D eigenvalue weighted by Gasteiger charge is -2.05.